The lowest BCUT2D eigenvalue weighted by Crippen LogP contribution is -2.02. The van der Waals surface area contributed by atoms with Crippen LogP contribution >= 0.6 is 23.2 Å². The Morgan fingerprint density at radius 2 is 1.43 bits per heavy atom. The van der Waals surface area contributed by atoms with Crippen LogP contribution in [-0.2, 0) is 0 Å². The molecule has 0 aliphatic heterocycles. The summed E-state index contributed by atoms with van der Waals surface area (Å²) in [5.41, 5.74) is 4.26. The lowest BCUT2D eigenvalue weighted by molar-refractivity contribution is 0.715. The molecule has 0 N–H and O–H groups in total. The van der Waals surface area contributed by atoms with Gasteiger partial charge in [-0.3, -0.25) is 0 Å². The Hall–Kier alpha value is -1.12. The van der Waals surface area contributed by atoms with E-state index >= 15 is 0 Å². The zero-order valence-electron chi connectivity index (χ0n) is 12.3. The lowest BCUT2D eigenvalue weighted by atomic mass is 10.0. The molecule has 0 bridgehead atoms. The smallest absolute Gasteiger partial charge is 0.162 e. The Bertz CT molecular complexity index is 633. The van der Waals surface area contributed by atoms with Crippen molar-refractivity contribution >= 4 is 23.2 Å². The van der Waals surface area contributed by atoms with E-state index in [0.29, 0.717) is 22.0 Å². The standard InChI is InChI=1S/C17H18Cl2N2/c1-10-7-11(2)9-13(8-10)17-20-15(18)14(16(19)21-17)12-5-3-4-6-12/h7-9,12H,3-6H2,1-2H3. The molecule has 1 aliphatic carbocycles. The second-order valence-electron chi connectivity index (χ2n) is 5.90. The SMILES string of the molecule is Cc1cc(C)cc(-c2nc(Cl)c(C3CCCC3)c(Cl)n2)c1. The molecular weight excluding hydrogens is 303 g/mol. The van der Waals surface area contributed by atoms with E-state index in [1.54, 1.807) is 0 Å². The topological polar surface area (TPSA) is 25.8 Å². The fraction of sp³-hybridized carbons (Fsp3) is 0.412. The van der Waals surface area contributed by atoms with Crippen LogP contribution in [0.3, 0.4) is 0 Å². The van der Waals surface area contributed by atoms with E-state index in [1.807, 2.05) is 0 Å². The van der Waals surface area contributed by atoms with E-state index in [-0.39, 0.29) is 0 Å². The Balaban J connectivity index is 2.05. The maximum absolute atomic E-state index is 6.41. The van der Waals surface area contributed by atoms with Crippen molar-refractivity contribution < 1.29 is 0 Å². The molecule has 1 aromatic heterocycles. The molecule has 1 fully saturated rings. The Kier molecular flexibility index (Phi) is 4.19. The number of halogens is 2. The largest absolute Gasteiger partial charge is 0.216 e. The minimum atomic E-state index is 0.415. The van der Waals surface area contributed by atoms with Crippen LogP contribution in [0, 0.1) is 13.8 Å². The van der Waals surface area contributed by atoms with Crippen LogP contribution in [0.25, 0.3) is 11.4 Å². The Morgan fingerprint density at radius 1 is 0.905 bits per heavy atom. The Labute approximate surface area is 135 Å². The van der Waals surface area contributed by atoms with Gasteiger partial charge >= 0.3 is 0 Å². The third kappa shape index (κ3) is 3.07. The van der Waals surface area contributed by atoms with Crippen LogP contribution in [0.5, 0.6) is 0 Å². The van der Waals surface area contributed by atoms with Crippen molar-refractivity contribution in [1.29, 1.82) is 0 Å². The summed E-state index contributed by atoms with van der Waals surface area (Å²) in [5.74, 6) is 1.02. The van der Waals surface area contributed by atoms with Gasteiger partial charge in [0.15, 0.2) is 5.82 Å². The molecule has 1 saturated carbocycles. The van der Waals surface area contributed by atoms with Gasteiger partial charge in [0.2, 0.25) is 0 Å². The van der Waals surface area contributed by atoms with Crippen LogP contribution in [-0.4, -0.2) is 9.97 Å². The summed E-state index contributed by atoms with van der Waals surface area (Å²) in [4.78, 5) is 9.00. The monoisotopic (exact) mass is 320 g/mol. The molecule has 0 unspecified atom stereocenters. The van der Waals surface area contributed by atoms with Gasteiger partial charge in [-0.05, 0) is 44.7 Å². The first-order valence-electron chi connectivity index (χ1n) is 7.36. The van der Waals surface area contributed by atoms with Crippen LogP contribution in [0.4, 0.5) is 0 Å². The molecule has 0 atom stereocenters. The molecule has 2 aromatic rings. The molecule has 1 aliphatic rings. The highest BCUT2D eigenvalue weighted by atomic mass is 35.5. The average molecular weight is 321 g/mol. The maximum Gasteiger partial charge on any atom is 0.162 e. The van der Waals surface area contributed by atoms with Crippen LogP contribution in [0.15, 0.2) is 18.2 Å². The second kappa shape index (κ2) is 5.94. The van der Waals surface area contributed by atoms with Crippen molar-refractivity contribution in [3.05, 3.63) is 45.2 Å². The average Bonchev–Trinajstić information content (AvgIpc) is 2.90. The van der Waals surface area contributed by atoms with Gasteiger partial charge in [-0.25, -0.2) is 9.97 Å². The van der Waals surface area contributed by atoms with Gasteiger partial charge in [-0.2, -0.15) is 0 Å². The summed E-state index contributed by atoms with van der Waals surface area (Å²) >= 11 is 12.8. The summed E-state index contributed by atoms with van der Waals surface area (Å²) in [5, 5.41) is 1.02. The molecule has 1 heterocycles. The van der Waals surface area contributed by atoms with Gasteiger partial charge < -0.3 is 0 Å². The van der Waals surface area contributed by atoms with E-state index in [1.165, 1.54) is 24.0 Å². The van der Waals surface area contributed by atoms with Crippen LogP contribution < -0.4 is 0 Å². The molecule has 0 radical (unpaired) electrons. The van der Waals surface area contributed by atoms with Crippen molar-refractivity contribution in [2.24, 2.45) is 0 Å². The number of rotatable bonds is 2. The molecule has 3 rings (SSSR count). The first-order chi connectivity index (χ1) is 10.0. The minimum absolute atomic E-state index is 0.415. The molecule has 4 heteroatoms. The summed E-state index contributed by atoms with van der Waals surface area (Å²) in [6, 6.07) is 6.24. The normalized spacial score (nSPS) is 15.6. The number of benzene rings is 1. The molecule has 2 nitrogen and oxygen atoms in total. The van der Waals surface area contributed by atoms with E-state index in [9.17, 15) is 0 Å². The fourth-order valence-corrected chi connectivity index (χ4v) is 3.90. The first-order valence-corrected chi connectivity index (χ1v) is 8.12. The molecular formula is C17H18Cl2N2. The zero-order chi connectivity index (χ0) is 15.0. The third-order valence-corrected chi connectivity index (χ3v) is 4.67. The highest BCUT2D eigenvalue weighted by molar-refractivity contribution is 6.34. The van der Waals surface area contributed by atoms with E-state index in [4.69, 9.17) is 23.2 Å². The second-order valence-corrected chi connectivity index (χ2v) is 6.62. The number of nitrogens with zero attached hydrogens (tertiary/aromatic N) is 2. The number of aryl methyl sites for hydroxylation is 2. The summed E-state index contributed by atoms with van der Waals surface area (Å²) in [7, 11) is 0. The van der Waals surface area contributed by atoms with E-state index in [0.717, 1.165) is 24.0 Å². The van der Waals surface area contributed by atoms with E-state index < -0.39 is 0 Å². The number of aromatic nitrogens is 2. The molecule has 0 amide bonds. The summed E-state index contributed by atoms with van der Waals surface area (Å²) < 4.78 is 0. The highest BCUT2D eigenvalue weighted by Gasteiger charge is 2.24. The van der Waals surface area contributed by atoms with Gasteiger partial charge in [-0.15, -0.1) is 0 Å². The fourth-order valence-electron chi connectivity index (χ4n) is 3.20. The Morgan fingerprint density at radius 3 is 1.95 bits per heavy atom. The maximum atomic E-state index is 6.41. The number of hydrogen-bond donors (Lipinski definition) is 0. The molecule has 21 heavy (non-hydrogen) atoms. The number of hydrogen-bond acceptors (Lipinski definition) is 2. The molecule has 110 valence electrons. The quantitative estimate of drug-likeness (QED) is 0.661. The van der Waals surface area contributed by atoms with Crippen molar-refractivity contribution in [2.75, 3.05) is 0 Å². The summed E-state index contributed by atoms with van der Waals surface area (Å²) in [6.45, 7) is 4.12. The predicted octanol–water partition coefficient (Wildman–Crippen LogP) is 5.72. The van der Waals surface area contributed by atoms with Crippen LogP contribution in [0.1, 0.15) is 48.3 Å². The zero-order valence-corrected chi connectivity index (χ0v) is 13.8. The first kappa shape index (κ1) is 14.8. The van der Waals surface area contributed by atoms with Crippen molar-refractivity contribution in [3.8, 4) is 11.4 Å². The van der Waals surface area contributed by atoms with Gasteiger partial charge in [0.25, 0.3) is 0 Å². The molecule has 1 aromatic carbocycles. The van der Waals surface area contributed by atoms with Gasteiger partial charge in [0.05, 0.1) is 0 Å². The highest BCUT2D eigenvalue weighted by Crippen LogP contribution is 2.40. The summed E-state index contributed by atoms with van der Waals surface area (Å²) in [6.07, 6.45) is 4.73. The third-order valence-electron chi connectivity index (χ3n) is 4.10. The molecule has 0 spiro atoms. The van der Waals surface area contributed by atoms with Crippen molar-refractivity contribution in [1.82, 2.24) is 9.97 Å². The lowest BCUT2D eigenvalue weighted by Gasteiger charge is -2.14. The minimum Gasteiger partial charge on any atom is -0.216 e. The van der Waals surface area contributed by atoms with Crippen molar-refractivity contribution in [2.45, 2.75) is 45.4 Å². The predicted molar refractivity (Wildman–Crippen MR) is 88.2 cm³/mol. The van der Waals surface area contributed by atoms with Gasteiger partial charge in [-0.1, -0.05) is 53.2 Å². The van der Waals surface area contributed by atoms with Gasteiger partial charge in [0, 0.05) is 11.1 Å². The molecule has 0 saturated heterocycles. The van der Waals surface area contributed by atoms with Crippen molar-refractivity contribution in [3.63, 3.8) is 0 Å². The van der Waals surface area contributed by atoms with E-state index in [2.05, 4.69) is 42.0 Å². The van der Waals surface area contributed by atoms with Gasteiger partial charge in [0.1, 0.15) is 10.3 Å². The van der Waals surface area contributed by atoms with Crippen LogP contribution in [0.2, 0.25) is 10.3 Å².